The highest BCUT2D eigenvalue weighted by molar-refractivity contribution is 9.10. The number of hydrazine groups is 1. The van der Waals surface area contributed by atoms with Crippen LogP contribution in [0.15, 0.2) is 41.1 Å². The number of hydrogen-bond donors (Lipinski definition) is 3. The lowest BCUT2D eigenvalue weighted by Gasteiger charge is -2.12. The van der Waals surface area contributed by atoms with E-state index in [2.05, 4.69) is 37.1 Å². The third kappa shape index (κ3) is 4.39. The van der Waals surface area contributed by atoms with E-state index >= 15 is 0 Å². The largest absolute Gasteiger partial charge is 0.328 e. The van der Waals surface area contributed by atoms with Gasteiger partial charge in [-0.1, -0.05) is 15.9 Å². The molecule has 0 saturated heterocycles. The van der Waals surface area contributed by atoms with E-state index in [0.717, 1.165) is 15.6 Å². The van der Waals surface area contributed by atoms with E-state index in [-0.39, 0.29) is 0 Å². The number of nitrogens with one attached hydrogen (secondary N) is 3. The molecular weight excluding hydrogens is 376 g/mol. The molecular formula is C16H15BrN4O3. The highest BCUT2D eigenvalue weighted by atomic mass is 79.9. The molecule has 3 N–H and O–H groups in total. The summed E-state index contributed by atoms with van der Waals surface area (Å²) >= 11 is 3.36. The molecule has 0 aliphatic heterocycles. The van der Waals surface area contributed by atoms with E-state index in [9.17, 15) is 14.4 Å². The Bertz CT molecular complexity index is 770. The van der Waals surface area contributed by atoms with Gasteiger partial charge in [-0.15, -0.1) is 0 Å². The van der Waals surface area contributed by atoms with Gasteiger partial charge in [-0.3, -0.25) is 30.2 Å². The fourth-order valence-corrected chi connectivity index (χ4v) is 2.71. The fraction of sp³-hybridized carbons (Fsp3) is 0.125. The highest BCUT2D eigenvalue weighted by Gasteiger charge is 2.17. The Hall–Kier alpha value is -2.74. The van der Waals surface area contributed by atoms with Crippen molar-refractivity contribution in [2.45, 2.75) is 13.8 Å². The van der Waals surface area contributed by atoms with Crippen molar-refractivity contribution in [1.29, 1.82) is 0 Å². The molecule has 0 unspecified atom stereocenters. The van der Waals surface area contributed by atoms with Gasteiger partial charge >= 0.3 is 11.8 Å². The Morgan fingerprint density at radius 2 is 1.54 bits per heavy atom. The number of nitrogens with zero attached hydrogens (tertiary/aromatic N) is 1. The molecule has 1 heterocycles. The van der Waals surface area contributed by atoms with Crippen molar-refractivity contribution in [3.8, 4) is 0 Å². The van der Waals surface area contributed by atoms with Gasteiger partial charge in [0.15, 0.2) is 0 Å². The molecule has 0 aliphatic carbocycles. The van der Waals surface area contributed by atoms with Crippen LogP contribution in [0.1, 0.15) is 21.5 Å². The van der Waals surface area contributed by atoms with E-state index in [1.807, 2.05) is 26.0 Å². The molecule has 0 atom stereocenters. The Labute approximate surface area is 147 Å². The first-order valence-corrected chi connectivity index (χ1v) is 7.76. The quantitative estimate of drug-likeness (QED) is 0.538. The maximum absolute atomic E-state index is 12.0. The van der Waals surface area contributed by atoms with E-state index in [0.29, 0.717) is 11.3 Å². The number of carbonyl (C=O) groups excluding carboxylic acids is 3. The topological polar surface area (TPSA) is 100 Å². The maximum atomic E-state index is 12.0. The van der Waals surface area contributed by atoms with E-state index in [1.165, 1.54) is 24.5 Å². The van der Waals surface area contributed by atoms with E-state index in [4.69, 9.17) is 0 Å². The van der Waals surface area contributed by atoms with Crippen LogP contribution in [0, 0.1) is 13.8 Å². The average Bonchev–Trinajstić information content (AvgIpc) is 2.56. The van der Waals surface area contributed by atoms with Crippen molar-refractivity contribution in [2.75, 3.05) is 5.32 Å². The SMILES string of the molecule is Cc1cc(Br)cc(C)c1NC(=O)C(=O)NNC(=O)c1ccncc1. The molecule has 0 spiro atoms. The number of anilines is 1. The van der Waals surface area contributed by atoms with Gasteiger partial charge in [-0.2, -0.15) is 0 Å². The summed E-state index contributed by atoms with van der Waals surface area (Å²) in [6.45, 7) is 3.63. The van der Waals surface area contributed by atoms with Crippen LogP contribution in [0.4, 0.5) is 5.69 Å². The number of aryl methyl sites for hydroxylation is 2. The van der Waals surface area contributed by atoms with Gasteiger partial charge in [0.25, 0.3) is 5.91 Å². The molecule has 0 bridgehead atoms. The summed E-state index contributed by atoms with van der Waals surface area (Å²) in [5.74, 6) is -2.40. The summed E-state index contributed by atoms with van der Waals surface area (Å²) in [6.07, 6.45) is 2.89. The molecule has 3 amide bonds. The molecule has 124 valence electrons. The Balaban J connectivity index is 1.96. The van der Waals surface area contributed by atoms with Crippen LogP contribution in [0.2, 0.25) is 0 Å². The zero-order valence-corrected chi connectivity index (χ0v) is 14.6. The van der Waals surface area contributed by atoms with Gasteiger partial charge in [0.1, 0.15) is 0 Å². The highest BCUT2D eigenvalue weighted by Crippen LogP contribution is 2.24. The fourth-order valence-electron chi connectivity index (χ4n) is 2.02. The van der Waals surface area contributed by atoms with Crippen LogP contribution in [0.3, 0.4) is 0 Å². The molecule has 24 heavy (non-hydrogen) atoms. The third-order valence-electron chi connectivity index (χ3n) is 3.17. The van der Waals surface area contributed by atoms with Crippen LogP contribution < -0.4 is 16.2 Å². The van der Waals surface area contributed by atoms with Gasteiger partial charge in [0, 0.05) is 28.1 Å². The zero-order chi connectivity index (χ0) is 17.7. The lowest BCUT2D eigenvalue weighted by molar-refractivity contribution is -0.136. The summed E-state index contributed by atoms with van der Waals surface area (Å²) in [7, 11) is 0. The lowest BCUT2D eigenvalue weighted by atomic mass is 10.1. The normalized spacial score (nSPS) is 9.96. The first-order chi connectivity index (χ1) is 11.4. The number of benzene rings is 1. The second-order valence-corrected chi connectivity index (χ2v) is 5.93. The smallest absolute Gasteiger partial charge is 0.317 e. The minimum absolute atomic E-state index is 0.310. The first kappa shape index (κ1) is 17.6. The third-order valence-corrected chi connectivity index (χ3v) is 3.63. The van der Waals surface area contributed by atoms with Gasteiger partial charge in [-0.25, -0.2) is 0 Å². The number of hydrogen-bond acceptors (Lipinski definition) is 4. The number of amides is 3. The standard InChI is InChI=1S/C16H15BrN4O3/c1-9-7-12(17)8-10(2)13(9)19-15(23)16(24)21-20-14(22)11-3-5-18-6-4-11/h3-8H,1-2H3,(H,19,23)(H,20,22)(H,21,24). The monoisotopic (exact) mass is 390 g/mol. The molecule has 2 aromatic rings. The Morgan fingerprint density at radius 1 is 0.958 bits per heavy atom. The number of carbonyl (C=O) groups is 3. The first-order valence-electron chi connectivity index (χ1n) is 6.97. The molecule has 1 aromatic heterocycles. The number of halogens is 1. The van der Waals surface area contributed by atoms with Crippen molar-refractivity contribution >= 4 is 39.3 Å². The molecule has 8 heteroatoms. The molecule has 0 saturated carbocycles. The maximum Gasteiger partial charge on any atom is 0.328 e. The van der Waals surface area contributed by atoms with Crippen molar-refractivity contribution < 1.29 is 14.4 Å². The van der Waals surface area contributed by atoms with Gasteiger partial charge in [0.05, 0.1) is 0 Å². The van der Waals surface area contributed by atoms with Crippen molar-refractivity contribution in [3.63, 3.8) is 0 Å². The Morgan fingerprint density at radius 3 is 2.12 bits per heavy atom. The van der Waals surface area contributed by atoms with E-state index < -0.39 is 17.7 Å². The Kier molecular flexibility index (Phi) is 5.64. The van der Waals surface area contributed by atoms with Crippen molar-refractivity contribution in [1.82, 2.24) is 15.8 Å². The average molecular weight is 391 g/mol. The predicted molar refractivity (Wildman–Crippen MR) is 92.1 cm³/mol. The van der Waals surface area contributed by atoms with Gasteiger partial charge in [-0.05, 0) is 49.2 Å². The molecule has 0 aliphatic rings. The van der Waals surface area contributed by atoms with Gasteiger partial charge < -0.3 is 5.32 Å². The summed E-state index contributed by atoms with van der Waals surface area (Å²) < 4.78 is 0.879. The molecule has 2 rings (SSSR count). The second-order valence-electron chi connectivity index (χ2n) is 5.01. The lowest BCUT2D eigenvalue weighted by Crippen LogP contribution is -2.46. The summed E-state index contributed by atoms with van der Waals surface area (Å²) in [5.41, 5.74) is 6.72. The summed E-state index contributed by atoms with van der Waals surface area (Å²) in [5, 5.41) is 2.54. The van der Waals surface area contributed by atoms with Crippen LogP contribution in [-0.4, -0.2) is 22.7 Å². The minimum atomic E-state index is -0.973. The molecule has 7 nitrogen and oxygen atoms in total. The van der Waals surface area contributed by atoms with E-state index in [1.54, 1.807) is 0 Å². The van der Waals surface area contributed by atoms with Crippen LogP contribution in [-0.2, 0) is 9.59 Å². The predicted octanol–water partition coefficient (Wildman–Crippen LogP) is 1.86. The van der Waals surface area contributed by atoms with Gasteiger partial charge in [0.2, 0.25) is 0 Å². The number of aromatic nitrogens is 1. The second kappa shape index (κ2) is 7.69. The summed E-state index contributed by atoms with van der Waals surface area (Å²) in [4.78, 5) is 39.3. The van der Waals surface area contributed by atoms with Crippen LogP contribution in [0.5, 0.6) is 0 Å². The minimum Gasteiger partial charge on any atom is -0.317 e. The zero-order valence-electron chi connectivity index (χ0n) is 13.0. The van der Waals surface area contributed by atoms with Crippen molar-refractivity contribution in [3.05, 3.63) is 57.8 Å². The van der Waals surface area contributed by atoms with Crippen LogP contribution in [0.25, 0.3) is 0 Å². The molecule has 0 radical (unpaired) electrons. The molecule has 1 aromatic carbocycles. The van der Waals surface area contributed by atoms with Crippen molar-refractivity contribution in [2.24, 2.45) is 0 Å². The van der Waals surface area contributed by atoms with Crippen LogP contribution >= 0.6 is 15.9 Å². The number of rotatable bonds is 2. The number of pyridine rings is 1. The molecule has 0 fully saturated rings. The summed E-state index contributed by atoms with van der Waals surface area (Å²) in [6, 6.07) is 6.61.